The highest BCUT2D eigenvalue weighted by atomic mass is 35.5. The predicted molar refractivity (Wildman–Crippen MR) is 115 cm³/mol. The number of anilines is 3. The van der Waals surface area contributed by atoms with Crippen molar-refractivity contribution >= 4 is 40.7 Å². The molecule has 1 aromatic heterocycles. The molecule has 2 saturated heterocycles. The Balaban J connectivity index is 1.56. The molecule has 4 rings (SSSR count). The van der Waals surface area contributed by atoms with Crippen LogP contribution in [0.4, 0.5) is 30.5 Å². The van der Waals surface area contributed by atoms with Crippen LogP contribution in [0.1, 0.15) is 41.7 Å². The van der Waals surface area contributed by atoms with E-state index >= 15 is 0 Å². The van der Waals surface area contributed by atoms with Crippen molar-refractivity contribution in [1.29, 1.82) is 0 Å². The van der Waals surface area contributed by atoms with Crippen molar-refractivity contribution in [2.45, 2.75) is 38.0 Å². The van der Waals surface area contributed by atoms with E-state index < -0.39 is 35.3 Å². The summed E-state index contributed by atoms with van der Waals surface area (Å²) >= 11 is 6.05. The molecule has 3 heterocycles. The van der Waals surface area contributed by atoms with Crippen molar-refractivity contribution < 1.29 is 27.5 Å². The molecule has 0 saturated carbocycles. The van der Waals surface area contributed by atoms with Gasteiger partial charge in [0.2, 0.25) is 5.95 Å². The van der Waals surface area contributed by atoms with Gasteiger partial charge in [-0.25, -0.2) is 9.97 Å². The Hall–Kier alpha value is -2.92. The van der Waals surface area contributed by atoms with Gasteiger partial charge in [-0.3, -0.25) is 9.59 Å². The molecule has 2 aromatic rings. The van der Waals surface area contributed by atoms with Crippen LogP contribution >= 0.6 is 11.6 Å². The Kier molecular flexibility index (Phi) is 6.71. The van der Waals surface area contributed by atoms with E-state index in [1.165, 1.54) is 12.3 Å². The van der Waals surface area contributed by atoms with Crippen molar-refractivity contribution in [3.63, 3.8) is 0 Å². The number of benzene rings is 1. The molecule has 1 aromatic carbocycles. The van der Waals surface area contributed by atoms with E-state index in [4.69, 9.17) is 16.3 Å². The summed E-state index contributed by atoms with van der Waals surface area (Å²) in [6.45, 7) is 1.88. The van der Waals surface area contributed by atoms with Crippen LogP contribution in [0.15, 0.2) is 24.4 Å². The van der Waals surface area contributed by atoms with E-state index in [9.17, 15) is 22.8 Å². The van der Waals surface area contributed by atoms with Crippen LogP contribution in [-0.4, -0.2) is 47.6 Å². The van der Waals surface area contributed by atoms with Crippen LogP contribution in [0.5, 0.6) is 0 Å². The zero-order chi connectivity index (χ0) is 23.6. The molecule has 8 nitrogen and oxygen atoms in total. The molecule has 33 heavy (non-hydrogen) atoms. The van der Waals surface area contributed by atoms with Gasteiger partial charge in [-0.15, -0.1) is 0 Å². The first kappa shape index (κ1) is 23.2. The van der Waals surface area contributed by atoms with Gasteiger partial charge >= 0.3 is 6.18 Å². The zero-order valence-corrected chi connectivity index (χ0v) is 18.2. The van der Waals surface area contributed by atoms with Gasteiger partial charge in [-0.2, -0.15) is 13.2 Å². The fourth-order valence-electron chi connectivity index (χ4n) is 3.74. The van der Waals surface area contributed by atoms with Crippen LogP contribution in [-0.2, 0) is 15.7 Å². The summed E-state index contributed by atoms with van der Waals surface area (Å²) in [6, 6.07) is 3.11. The van der Waals surface area contributed by atoms with E-state index in [2.05, 4.69) is 20.6 Å². The number of nitrogens with one attached hydrogen (secondary N) is 2. The largest absolute Gasteiger partial charge is 0.418 e. The number of halogens is 4. The molecule has 2 amide bonds. The summed E-state index contributed by atoms with van der Waals surface area (Å²) in [5.74, 6) is -1.12. The van der Waals surface area contributed by atoms with E-state index in [0.29, 0.717) is 25.4 Å². The van der Waals surface area contributed by atoms with E-state index in [0.717, 1.165) is 38.1 Å². The zero-order valence-electron chi connectivity index (χ0n) is 17.4. The fraction of sp³-hybridized carbons (Fsp3) is 0.429. The summed E-state index contributed by atoms with van der Waals surface area (Å²) in [7, 11) is 0. The first-order valence-corrected chi connectivity index (χ1v) is 10.8. The lowest BCUT2D eigenvalue weighted by atomic mass is 10.1. The number of amides is 2. The van der Waals surface area contributed by atoms with Crippen molar-refractivity contribution in [2.24, 2.45) is 0 Å². The minimum absolute atomic E-state index is 0.0581. The molecule has 0 aliphatic carbocycles. The smallest absolute Gasteiger partial charge is 0.368 e. The van der Waals surface area contributed by atoms with Crippen molar-refractivity contribution in [2.75, 3.05) is 35.2 Å². The molecule has 0 radical (unpaired) electrons. The molecular weight excluding hydrogens is 463 g/mol. The monoisotopic (exact) mass is 483 g/mol. The molecule has 2 aliphatic rings. The molecule has 1 unspecified atom stereocenters. The van der Waals surface area contributed by atoms with Crippen molar-refractivity contribution in [3.05, 3.63) is 40.7 Å². The van der Waals surface area contributed by atoms with Gasteiger partial charge in [-0.1, -0.05) is 11.6 Å². The first-order valence-electron chi connectivity index (χ1n) is 10.4. The van der Waals surface area contributed by atoms with Crippen molar-refractivity contribution in [1.82, 2.24) is 9.97 Å². The Morgan fingerprint density at radius 2 is 1.91 bits per heavy atom. The van der Waals surface area contributed by atoms with Crippen molar-refractivity contribution in [3.8, 4) is 0 Å². The van der Waals surface area contributed by atoms with E-state index in [1.807, 2.05) is 4.90 Å². The SMILES string of the molecule is O=C(Nc1ccc(NC(=O)C2CCCO2)cc1C(F)(F)F)c1nc(N2CCCC2)ncc1Cl. The number of aromatic nitrogens is 2. The Morgan fingerprint density at radius 1 is 1.15 bits per heavy atom. The summed E-state index contributed by atoms with van der Waals surface area (Å²) in [6.07, 6.45) is -1.10. The third kappa shape index (κ3) is 5.36. The summed E-state index contributed by atoms with van der Waals surface area (Å²) in [4.78, 5) is 35.1. The molecule has 2 aliphatic heterocycles. The number of rotatable bonds is 5. The maximum Gasteiger partial charge on any atom is 0.418 e. The summed E-state index contributed by atoms with van der Waals surface area (Å²) < 4.78 is 46.4. The second-order valence-electron chi connectivity index (χ2n) is 7.76. The topological polar surface area (TPSA) is 96.5 Å². The highest BCUT2D eigenvalue weighted by molar-refractivity contribution is 6.34. The second kappa shape index (κ2) is 9.52. The normalized spacial score (nSPS) is 18.4. The Labute approximate surface area is 192 Å². The average molecular weight is 484 g/mol. The Bertz CT molecular complexity index is 1050. The third-order valence-corrected chi connectivity index (χ3v) is 5.67. The lowest BCUT2D eigenvalue weighted by molar-refractivity contribution is -0.137. The molecular formula is C21H21ClF3N5O3. The maximum atomic E-state index is 13.7. The van der Waals surface area contributed by atoms with E-state index in [-0.39, 0.29) is 16.4 Å². The van der Waals surface area contributed by atoms with Gasteiger partial charge in [0.15, 0.2) is 5.69 Å². The van der Waals surface area contributed by atoms with Gasteiger partial charge in [0, 0.05) is 25.4 Å². The number of carbonyl (C=O) groups excluding carboxylic acids is 2. The number of carbonyl (C=O) groups is 2. The minimum atomic E-state index is -4.79. The lowest BCUT2D eigenvalue weighted by Gasteiger charge is -2.18. The lowest BCUT2D eigenvalue weighted by Crippen LogP contribution is -2.27. The number of alkyl halides is 3. The molecule has 2 N–H and O–H groups in total. The van der Waals surface area contributed by atoms with Crippen LogP contribution in [0.3, 0.4) is 0 Å². The maximum absolute atomic E-state index is 13.7. The number of ether oxygens (including phenoxy) is 1. The average Bonchev–Trinajstić information content (AvgIpc) is 3.49. The summed E-state index contributed by atoms with van der Waals surface area (Å²) in [5, 5.41) is 4.59. The number of nitrogens with zero attached hydrogens (tertiary/aromatic N) is 3. The molecule has 1 atom stereocenters. The Morgan fingerprint density at radius 3 is 2.58 bits per heavy atom. The molecule has 0 bridgehead atoms. The molecule has 12 heteroatoms. The second-order valence-corrected chi connectivity index (χ2v) is 8.17. The fourth-order valence-corrected chi connectivity index (χ4v) is 3.92. The molecule has 176 valence electrons. The van der Waals surface area contributed by atoms with Crippen LogP contribution in [0.25, 0.3) is 0 Å². The third-order valence-electron chi connectivity index (χ3n) is 5.40. The summed E-state index contributed by atoms with van der Waals surface area (Å²) in [5.41, 5.74) is -1.89. The van der Waals surface area contributed by atoms with Gasteiger partial charge in [0.1, 0.15) is 6.10 Å². The van der Waals surface area contributed by atoms with Crippen LogP contribution in [0, 0.1) is 0 Å². The van der Waals surface area contributed by atoms with Gasteiger partial charge in [-0.05, 0) is 43.9 Å². The molecule has 0 spiro atoms. The standard InChI is InChI=1S/C21H21ClF3N5O3/c22-14-11-26-20(30-7-1-2-8-30)29-17(14)19(32)28-15-6-5-12(10-13(15)21(23,24)25)27-18(31)16-4-3-9-33-16/h5-6,10-11,16H,1-4,7-9H2,(H,27,31)(H,28,32). The molecule has 2 fully saturated rings. The predicted octanol–water partition coefficient (Wildman–Crippen LogP) is 4.12. The van der Waals surface area contributed by atoms with Gasteiger partial charge < -0.3 is 20.3 Å². The minimum Gasteiger partial charge on any atom is -0.368 e. The quantitative estimate of drug-likeness (QED) is 0.664. The van der Waals surface area contributed by atoms with E-state index in [1.54, 1.807) is 0 Å². The van der Waals surface area contributed by atoms with Crippen LogP contribution < -0.4 is 15.5 Å². The van der Waals surface area contributed by atoms with Crippen LogP contribution in [0.2, 0.25) is 5.02 Å². The highest BCUT2D eigenvalue weighted by Gasteiger charge is 2.35. The van der Waals surface area contributed by atoms with Gasteiger partial charge in [0.05, 0.1) is 22.5 Å². The number of hydrogen-bond donors (Lipinski definition) is 2. The first-order chi connectivity index (χ1) is 15.7. The highest BCUT2D eigenvalue weighted by Crippen LogP contribution is 2.37. The van der Waals surface area contributed by atoms with Gasteiger partial charge in [0.25, 0.3) is 11.8 Å². The number of hydrogen-bond acceptors (Lipinski definition) is 6.